The van der Waals surface area contributed by atoms with Gasteiger partial charge in [0.15, 0.2) is 0 Å². The molecule has 292 valence electrons. The summed E-state index contributed by atoms with van der Waals surface area (Å²) in [6, 6.07) is 20.8. The van der Waals surface area contributed by atoms with Crippen molar-refractivity contribution in [2.24, 2.45) is 10.3 Å². The second-order valence-electron chi connectivity index (χ2n) is 14.7. The predicted molar refractivity (Wildman–Crippen MR) is 219 cm³/mol. The quantitative estimate of drug-likeness (QED) is 0.163. The van der Waals surface area contributed by atoms with Crippen LogP contribution in [0.1, 0.15) is 58.2 Å². The molecule has 56 heavy (non-hydrogen) atoms. The van der Waals surface area contributed by atoms with Crippen molar-refractivity contribution >= 4 is 56.5 Å². The van der Waals surface area contributed by atoms with E-state index in [2.05, 4.69) is 55.9 Å². The second kappa shape index (κ2) is 16.0. The van der Waals surface area contributed by atoms with E-state index < -0.39 is 22.2 Å². The summed E-state index contributed by atoms with van der Waals surface area (Å²) in [5.74, 6) is 0.775. The van der Waals surface area contributed by atoms with Crippen LogP contribution in [0.2, 0.25) is 0 Å². The number of alkyl carbamates (subject to hydrolysis) is 1. The van der Waals surface area contributed by atoms with Gasteiger partial charge in [-0.05, 0) is 78.5 Å². The van der Waals surface area contributed by atoms with Crippen molar-refractivity contribution in [3.63, 3.8) is 0 Å². The van der Waals surface area contributed by atoms with Crippen LogP contribution in [-0.2, 0) is 24.3 Å². The number of methoxy groups -OCH3 is 1. The third kappa shape index (κ3) is 7.82. The zero-order chi connectivity index (χ0) is 39.7. The minimum atomic E-state index is -4.02. The Hall–Kier alpha value is -5.41. The van der Waals surface area contributed by atoms with Crippen molar-refractivity contribution in [3.8, 4) is 33.5 Å². The van der Waals surface area contributed by atoms with Gasteiger partial charge in [-0.25, -0.2) is 9.78 Å². The molecule has 3 N–H and O–H groups in total. The molecule has 0 saturated carbocycles. The van der Waals surface area contributed by atoms with Crippen LogP contribution in [0.15, 0.2) is 82.2 Å². The molecule has 0 spiro atoms. The van der Waals surface area contributed by atoms with Gasteiger partial charge in [0.2, 0.25) is 5.91 Å². The highest BCUT2D eigenvalue weighted by molar-refractivity contribution is 7.90. The monoisotopic (exact) mass is 795 g/mol. The summed E-state index contributed by atoms with van der Waals surface area (Å²) < 4.78 is 35.1. The third-order valence-electron chi connectivity index (χ3n) is 10.9. The SMILES string of the molecule is COC(=O)NCC(=O)N1CCCC1C1=NS(=O)(=O)c2ccc(-c3ccc(-c4ccc(-c5cnc(C6CCCN(C(=O)C(=S)C(C)C)C6C)[nH]5)cc4)cc3)cc2N1. The van der Waals surface area contributed by atoms with Crippen LogP contribution < -0.4 is 10.6 Å². The lowest BCUT2D eigenvalue weighted by molar-refractivity contribution is -0.130. The number of fused-ring (bicyclic) bond motifs is 1. The van der Waals surface area contributed by atoms with Crippen LogP contribution in [-0.4, -0.2) is 95.6 Å². The summed E-state index contributed by atoms with van der Waals surface area (Å²) in [5, 5.41) is 5.58. The molecule has 0 aliphatic carbocycles. The van der Waals surface area contributed by atoms with Gasteiger partial charge < -0.3 is 30.2 Å². The van der Waals surface area contributed by atoms with Gasteiger partial charge in [0.05, 0.1) is 35.6 Å². The standard InChI is InChI=1S/C41H45N7O6S2/c1-24(2)37(55)40(50)47-19-5-7-31(25(47)3)38-42-22-33(45-38)29-15-13-27(14-16-29)26-9-11-28(12-10-26)30-17-18-35-32(21-30)44-39(46-56(35,52)53)34-8-6-20-48(34)36(49)23-43-41(51)54-4/h9-18,21-22,24-25,31,34H,5-8,19-20,23H2,1-4H3,(H,42,45)(H,43,51)(H,44,46). The number of sulfonamides is 1. The molecule has 3 amide bonds. The van der Waals surface area contributed by atoms with E-state index in [9.17, 15) is 22.8 Å². The van der Waals surface area contributed by atoms with E-state index in [0.29, 0.717) is 36.5 Å². The first-order valence-corrected chi connectivity index (χ1v) is 20.7. The lowest BCUT2D eigenvalue weighted by Crippen LogP contribution is -2.49. The number of nitrogens with one attached hydrogen (secondary N) is 3. The highest BCUT2D eigenvalue weighted by Crippen LogP contribution is 2.36. The summed E-state index contributed by atoms with van der Waals surface area (Å²) in [5.41, 5.74) is 6.07. The Morgan fingerprint density at radius 2 is 1.52 bits per heavy atom. The molecule has 7 rings (SSSR count). The number of amides is 3. The molecule has 4 aromatic rings. The van der Waals surface area contributed by atoms with E-state index in [4.69, 9.17) is 17.2 Å². The highest BCUT2D eigenvalue weighted by atomic mass is 32.2. The molecular formula is C41H45N7O6S2. The normalized spacial score (nSPS) is 20.2. The lowest BCUT2D eigenvalue weighted by atomic mass is 9.89. The number of benzene rings is 3. The van der Waals surface area contributed by atoms with E-state index >= 15 is 0 Å². The van der Waals surface area contributed by atoms with Crippen molar-refractivity contribution in [2.75, 3.05) is 32.1 Å². The number of aromatic nitrogens is 2. The van der Waals surface area contributed by atoms with E-state index in [1.165, 1.54) is 12.0 Å². The Morgan fingerprint density at radius 3 is 2.18 bits per heavy atom. The minimum absolute atomic E-state index is 0.0154. The summed E-state index contributed by atoms with van der Waals surface area (Å²) in [6.07, 6.45) is 4.17. The van der Waals surface area contributed by atoms with E-state index in [1.807, 2.05) is 49.2 Å². The maximum absolute atomic E-state index is 13.3. The molecule has 1 aromatic heterocycles. The number of imidazole rings is 1. The molecular weight excluding hydrogens is 751 g/mol. The number of ether oxygens (including phenoxy) is 1. The summed E-state index contributed by atoms with van der Waals surface area (Å²) >= 11 is 5.44. The Bertz CT molecular complexity index is 2300. The van der Waals surface area contributed by atoms with E-state index in [1.54, 1.807) is 18.2 Å². The molecule has 4 heterocycles. The Labute approximate surface area is 332 Å². The van der Waals surface area contributed by atoms with Gasteiger partial charge >= 0.3 is 6.09 Å². The van der Waals surface area contributed by atoms with Crippen LogP contribution in [0.25, 0.3) is 33.5 Å². The first-order chi connectivity index (χ1) is 26.8. The van der Waals surface area contributed by atoms with E-state index in [0.717, 1.165) is 52.2 Å². The Balaban J connectivity index is 1.03. The molecule has 3 aliphatic heterocycles. The molecule has 2 saturated heterocycles. The Kier molecular flexibility index (Phi) is 11.1. The molecule has 0 radical (unpaired) electrons. The lowest BCUT2D eigenvalue weighted by Gasteiger charge is -2.39. The van der Waals surface area contributed by atoms with Crippen LogP contribution in [0.5, 0.6) is 0 Å². The number of thiocarbonyl (C=S) groups is 1. The fourth-order valence-electron chi connectivity index (χ4n) is 7.74. The van der Waals surface area contributed by atoms with Gasteiger partial charge in [0.1, 0.15) is 23.1 Å². The smallest absolute Gasteiger partial charge is 0.407 e. The maximum Gasteiger partial charge on any atom is 0.407 e. The minimum Gasteiger partial charge on any atom is -0.453 e. The fraction of sp³-hybridized carbons (Fsp3) is 0.366. The van der Waals surface area contributed by atoms with Crippen molar-refractivity contribution in [2.45, 2.75) is 69.4 Å². The largest absolute Gasteiger partial charge is 0.453 e. The van der Waals surface area contributed by atoms with Crippen molar-refractivity contribution in [1.82, 2.24) is 25.1 Å². The first-order valence-electron chi connectivity index (χ1n) is 18.8. The number of carbonyl (C=O) groups excluding carboxylic acids is 3. The summed E-state index contributed by atoms with van der Waals surface area (Å²) in [7, 11) is -2.80. The van der Waals surface area contributed by atoms with Crippen LogP contribution in [0.3, 0.4) is 0 Å². The number of amidine groups is 1. The third-order valence-corrected chi connectivity index (χ3v) is 12.9. The number of H-pyrrole nitrogens is 1. The molecule has 3 aromatic carbocycles. The molecule has 3 aliphatic rings. The van der Waals surface area contributed by atoms with Crippen LogP contribution >= 0.6 is 12.2 Å². The maximum atomic E-state index is 13.3. The molecule has 15 heteroatoms. The van der Waals surface area contributed by atoms with Gasteiger partial charge in [0.25, 0.3) is 15.9 Å². The number of hydrogen-bond acceptors (Lipinski definition) is 9. The number of likely N-dealkylation sites (tertiary alicyclic amines) is 2. The molecule has 0 bridgehead atoms. The summed E-state index contributed by atoms with van der Waals surface area (Å²) in [6.45, 7) is 6.84. The van der Waals surface area contributed by atoms with Gasteiger partial charge in [0, 0.05) is 25.0 Å². The van der Waals surface area contributed by atoms with Gasteiger partial charge in [-0.3, -0.25) is 9.59 Å². The molecule has 2 fully saturated rings. The predicted octanol–water partition coefficient (Wildman–Crippen LogP) is 6.39. The van der Waals surface area contributed by atoms with E-state index in [-0.39, 0.29) is 47.0 Å². The van der Waals surface area contributed by atoms with Crippen molar-refractivity contribution in [3.05, 3.63) is 78.8 Å². The van der Waals surface area contributed by atoms with Crippen molar-refractivity contribution < 1.29 is 27.5 Å². The number of hydrogen-bond donors (Lipinski definition) is 3. The molecule has 3 atom stereocenters. The zero-order valence-electron chi connectivity index (χ0n) is 31.7. The molecule has 3 unspecified atom stereocenters. The second-order valence-corrected chi connectivity index (χ2v) is 16.7. The molecule has 13 nitrogen and oxygen atoms in total. The number of nitrogens with zero attached hydrogens (tertiary/aromatic N) is 4. The highest BCUT2D eigenvalue weighted by Gasteiger charge is 2.38. The fourth-order valence-corrected chi connectivity index (χ4v) is 9.01. The average molecular weight is 796 g/mol. The average Bonchev–Trinajstić information content (AvgIpc) is 3.90. The van der Waals surface area contributed by atoms with Crippen LogP contribution in [0.4, 0.5) is 10.5 Å². The van der Waals surface area contributed by atoms with Crippen LogP contribution in [0, 0.1) is 5.92 Å². The summed E-state index contributed by atoms with van der Waals surface area (Å²) in [4.78, 5) is 49.7. The first kappa shape index (κ1) is 38.8. The number of rotatable bonds is 9. The number of aromatic amines is 1. The van der Waals surface area contributed by atoms with Gasteiger partial charge in [-0.15, -0.1) is 4.40 Å². The Morgan fingerprint density at radius 1 is 0.911 bits per heavy atom. The number of piperidine rings is 1. The van der Waals surface area contributed by atoms with Crippen molar-refractivity contribution in [1.29, 1.82) is 0 Å². The number of anilines is 1. The zero-order valence-corrected chi connectivity index (χ0v) is 33.4. The van der Waals surface area contributed by atoms with Gasteiger partial charge in [-0.1, -0.05) is 80.7 Å². The topological polar surface area (TPSA) is 166 Å². The number of carbonyl (C=O) groups is 3. The van der Waals surface area contributed by atoms with Gasteiger partial charge in [-0.2, -0.15) is 8.42 Å².